The maximum absolute atomic E-state index is 12.7. The van der Waals surface area contributed by atoms with Crippen LogP contribution in [-0.4, -0.2) is 54.3 Å². The van der Waals surface area contributed by atoms with E-state index in [4.69, 9.17) is 9.47 Å². The van der Waals surface area contributed by atoms with E-state index < -0.39 is 0 Å². The zero-order chi connectivity index (χ0) is 21.7. The molecule has 0 saturated carbocycles. The molecule has 30 heavy (non-hydrogen) atoms. The Labute approximate surface area is 176 Å². The fourth-order valence-corrected chi connectivity index (χ4v) is 3.53. The summed E-state index contributed by atoms with van der Waals surface area (Å²) in [5, 5.41) is 9.55. The zero-order valence-electron chi connectivity index (χ0n) is 17.5. The number of rotatable bonds is 5. The zero-order valence-corrected chi connectivity index (χ0v) is 17.5. The highest BCUT2D eigenvalue weighted by Gasteiger charge is 2.21. The lowest BCUT2D eigenvalue weighted by atomic mass is 10.1. The number of nitrogens with zero attached hydrogens (tertiary/aromatic N) is 3. The summed E-state index contributed by atoms with van der Waals surface area (Å²) in [7, 11) is 0. The molecule has 1 saturated heterocycles. The van der Waals surface area contributed by atoms with E-state index in [1.54, 1.807) is 30.0 Å². The molecule has 0 atom stereocenters. The number of carbonyl (C=O) groups excluding carboxylic acids is 2. The lowest BCUT2D eigenvalue weighted by molar-refractivity contribution is -0.130. The Hall–Kier alpha value is -3.37. The summed E-state index contributed by atoms with van der Waals surface area (Å²) in [5.41, 5.74) is 4.15. The van der Waals surface area contributed by atoms with Crippen LogP contribution in [0, 0.1) is 25.2 Å². The maximum atomic E-state index is 12.7. The largest absolute Gasteiger partial charge is 0.462 e. The molecule has 0 unspecified atom stereocenters. The van der Waals surface area contributed by atoms with Crippen LogP contribution >= 0.6 is 0 Å². The summed E-state index contributed by atoms with van der Waals surface area (Å²) < 4.78 is 12.3. The summed E-state index contributed by atoms with van der Waals surface area (Å²) in [6, 6.07) is 11.1. The number of hydrogen-bond acceptors (Lipinski definition) is 5. The van der Waals surface area contributed by atoms with E-state index in [1.165, 1.54) is 0 Å². The summed E-state index contributed by atoms with van der Waals surface area (Å²) in [4.78, 5) is 26.2. The molecule has 0 bridgehead atoms. The van der Waals surface area contributed by atoms with Crippen LogP contribution in [-0.2, 0) is 14.3 Å². The van der Waals surface area contributed by atoms with Gasteiger partial charge >= 0.3 is 5.97 Å². The minimum absolute atomic E-state index is 0.106. The molecule has 156 valence electrons. The number of esters is 1. The molecule has 1 fully saturated rings. The Morgan fingerprint density at radius 2 is 1.87 bits per heavy atom. The van der Waals surface area contributed by atoms with Crippen LogP contribution in [0.3, 0.4) is 0 Å². The van der Waals surface area contributed by atoms with Gasteiger partial charge in [0.05, 0.1) is 25.4 Å². The van der Waals surface area contributed by atoms with Crippen LogP contribution in [0.25, 0.3) is 11.8 Å². The lowest BCUT2D eigenvalue weighted by Gasteiger charge is -2.26. The van der Waals surface area contributed by atoms with E-state index in [2.05, 4.69) is 0 Å². The predicted octanol–water partition coefficient (Wildman–Crippen LogP) is 3.04. The van der Waals surface area contributed by atoms with Gasteiger partial charge in [-0.1, -0.05) is 0 Å². The molecule has 0 N–H and O–H groups in total. The van der Waals surface area contributed by atoms with Gasteiger partial charge in [-0.25, -0.2) is 4.79 Å². The average Bonchev–Trinajstić information content (AvgIpc) is 3.05. The number of amides is 1. The number of morpholine rings is 1. The van der Waals surface area contributed by atoms with E-state index in [0.29, 0.717) is 38.5 Å². The molecule has 0 aliphatic carbocycles. The van der Waals surface area contributed by atoms with Crippen molar-refractivity contribution >= 4 is 18.0 Å². The SMILES string of the molecule is CCOC(=O)c1ccc(-n2c(C)cc(C=C(C#N)C(=O)N3CCOCC3)c2C)cc1. The first kappa shape index (κ1) is 21.3. The van der Waals surface area contributed by atoms with Crippen molar-refractivity contribution in [2.45, 2.75) is 20.8 Å². The van der Waals surface area contributed by atoms with Crippen LogP contribution in [0.5, 0.6) is 0 Å². The quantitative estimate of drug-likeness (QED) is 0.432. The van der Waals surface area contributed by atoms with Crippen molar-refractivity contribution in [3.05, 3.63) is 58.4 Å². The molecule has 0 spiro atoms. The first-order chi connectivity index (χ1) is 14.5. The van der Waals surface area contributed by atoms with Gasteiger partial charge in [0.2, 0.25) is 0 Å². The van der Waals surface area contributed by atoms with Crippen LogP contribution in [0.4, 0.5) is 0 Å². The van der Waals surface area contributed by atoms with Gasteiger partial charge in [-0.2, -0.15) is 5.26 Å². The third-order valence-corrected chi connectivity index (χ3v) is 5.06. The fraction of sp³-hybridized carbons (Fsp3) is 0.348. The molecule has 7 heteroatoms. The number of nitriles is 1. The van der Waals surface area contributed by atoms with E-state index in [1.807, 2.05) is 42.7 Å². The highest BCUT2D eigenvalue weighted by Crippen LogP contribution is 2.24. The fourth-order valence-electron chi connectivity index (χ4n) is 3.53. The van der Waals surface area contributed by atoms with Crippen LogP contribution in [0.2, 0.25) is 0 Å². The minimum atomic E-state index is -0.353. The van der Waals surface area contributed by atoms with Crippen LogP contribution in [0.1, 0.15) is 34.2 Å². The Morgan fingerprint density at radius 1 is 1.20 bits per heavy atom. The monoisotopic (exact) mass is 407 g/mol. The van der Waals surface area contributed by atoms with Crippen molar-refractivity contribution in [1.82, 2.24) is 9.47 Å². The molecule has 1 aromatic carbocycles. The molecule has 0 radical (unpaired) electrons. The standard InChI is InChI=1S/C23H25N3O4/c1-4-30-23(28)18-5-7-21(8-6-18)26-16(2)13-19(17(26)3)14-20(15-24)22(27)25-9-11-29-12-10-25/h5-8,13-14H,4,9-12H2,1-3H3. The number of aromatic nitrogens is 1. The molecule has 1 aromatic heterocycles. The van der Waals surface area contributed by atoms with Gasteiger partial charge in [-0.3, -0.25) is 4.79 Å². The Morgan fingerprint density at radius 3 is 2.47 bits per heavy atom. The van der Waals surface area contributed by atoms with Gasteiger partial charge in [0.1, 0.15) is 11.6 Å². The van der Waals surface area contributed by atoms with Crippen molar-refractivity contribution < 1.29 is 19.1 Å². The maximum Gasteiger partial charge on any atom is 0.338 e. The van der Waals surface area contributed by atoms with Crippen molar-refractivity contribution in [3.63, 3.8) is 0 Å². The summed E-state index contributed by atoms with van der Waals surface area (Å²) in [6.45, 7) is 7.95. The van der Waals surface area contributed by atoms with Crippen molar-refractivity contribution in [3.8, 4) is 11.8 Å². The second-order valence-corrected chi connectivity index (χ2v) is 7.00. The number of hydrogen-bond donors (Lipinski definition) is 0. The average molecular weight is 407 g/mol. The van der Waals surface area contributed by atoms with Crippen LogP contribution < -0.4 is 0 Å². The van der Waals surface area contributed by atoms with Gasteiger partial charge < -0.3 is 18.9 Å². The molecule has 2 aromatic rings. The van der Waals surface area contributed by atoms with Gasteiger partial charge in [0.15, 0.2) is 0 Å². The number of aryl methyl sites for hydroxylation is 1. The number of benzene rings is 1. The predicted molar refractivity (Wildman–Crippen MR) is 112 cm³/mol. The molecule has 3 rings (SSSR count). The van der Waals surface area contributed by atoms with E-state index >= 15 is 0 Å². The van der Waals surface area contributed by atoms with Crippen molar-refractivity contribution in [2.75, 3.05) is 32.9 Å². The topological polar surface area (TPSA) is 84.6 Å². The van der Waals surface area contributed by atoms with Gasteiger partial charge in [-0.05, 0) is 62.7 Å². The van der Waals surface area contributed by atoms with Gasteiger partial charge in [-0.15, -0.1) is 0 Å². The number of carbonyl (C=O) groups is 2. The second kappa shape index (κ2) is 9.42. The highest BCUT2D eigenvalue weighted by molar-refractivity contribution is 6.02. The molecule has 2 heterocycles. The normalized spacial score (nSPS) is 14.3. The smallest absolute Gasteiger partial charge is 0.338 e. The summed E-state index contributed by atoms with van der Waals surface area (Å²) >= 11 is 0. The molecular weight excluding hydrogens is 382 g/mol. The van der Waals surface area contributed by atoms with E-state index in [0.717, 1.165) is 22.6 Å². The third-order valence-electron chi connectivity index (χ3n) is 5.06. The Bertz CT molecular complexity index is 1010. The molecule has 1 amide bonds. The molecule has 7 nitrogen and oxygen atoms in total. The second-order valence-electron chi connectivity index (χ2n) is 7.00. The Kier molecular flexibility index (Phi) is 6.70. The van der Waals surface area contributed by atoms with Gasteiger partial charge in [0, 0.05) is 30.2 Å². The minimum Gasteiger partial charge on any atom is -0.462 e. The van der Waals surface area contributed by atoms with Gasteiger partial charge in [0.25, 0.3) is 5.91 Å². The molecule has 1 aliphatic rings. The van der Waals surface area contributed by atoms with E-state index in [-0.39, 0.29) is 17.4 Å². The first-order valence-corrected chi connectivity index (χ1v) is 9.91. The van der Waals surface area contributed by atoms with E-state index in [9.17, 15) is 14.9 Å². The highest BCUT2D eigenvalue weighted by atomic mass is 16.5. The lowest BCUT2D eigenvalue weighted by Crippen LogP contribution is -2.41. The summed E-state index contributed by atoms with van der Waals surface area (Å²) in [5.74, 6) is -0.627. The molecular formula is C23H25N3O4. The number of ether oxygens (including phenoxy) is 2. The summed E-state index contributed by atoms with van der Waals surface area (Å²) in [6.07, 6.45) is 1.64. The first-order valence-electron chi connectivity index (χ1n) is 9.91. The third kappa shape index (κ3) is 4.44. The van der Waals surface area contributed by atoms with Crippen LogP contribution in [0.15, 0.2) is 35.9 Å². The molecule has 1 aliphatic heterocycles. The Balaban J connectivity index is 1.89. The van der Waals surface area contributed by atoms with Crippen molar-refractivity contribution in [1.29, 1.82) is 5.26 Å². The van der Waals surface area contributed by atoms with Crippen molar-refractivity contribution in [2.24, 2.45) is 0 Å².